The molecule has 1 aromatic carbocycles. The quantitative estimate of drug-likeness (QED) is 0.841. The van der Waals surface area contributed by atoms with Gasteiger partial charge in [-0.05, 0) is 25.5 Å². The molecule has 1 unspecified atom stereocenters. The molecule has 0 aliphatic heterocycles. The molecule has 0 saturated heterocycles. The van der Waals surface area contributed by atoms with Crippen LogP contribution in [0.4, 0.5) is 13.2 Å². The summed E-state index contributed by atoms with van der Waals surface area (Å²) in [5.41, 5.74) is 5.05. The van der Waals surface area contributed by atoms with Crippen molar-refractivity contribution >= 4 is 5.91 Å². The van der Waals surface area contributed by atoms with Crippen molar-refractivity contribution in [2.75, 3.05) is 13.6 Å². The number of halogens is 3. The van der Waals surface area contributed by atoms with Crippen molar-refractivity contribution in [3.05, 3.63) is 35.1 Å². The lowest BCUT2D eigenvalue weighted by atomic mass is 10.1. The summed E-state index contributed by atoms with van der Waals surface area (Å²) < 4.78 is 39.1. The highest BCUT2D eigenvalue weighted by Crippen LogP contribution is 2.16. The van der Waals surface area contributed by atoms with Crippen molar-refractivity contribution in [3.8, 4) is 0 Å². The molecule has 0 aliphatic rings. The monoisotopic (exact) mass is 260 g/mol. The van der Waals surface area contributed by atoms with Gasteiger partial charge in [-0.25, -0.2) is 13.2 Å². The van der Waals surface area contributed by atoms with Crippen molar-refractivity contribution in [1.82, 2.24) is 4.90 Å². The van der Waals surface area contributed by atoms with Crippen LogP contribution in [0.15, 0.2) is 12.1 Å². The molecule has 18 heavy (non-hydrogen) atoms. The van der Waals surface area contributed by atoms with E-state index in [-0.39, 0.29) is 6.04 Å². The summed E-state index contributed by atoms with van der Waals surface area (Å²) in [7, 11) is 1.45. The molecular formula is C12H15F3N2O. The van der Waals surface area contributed by atoms with Crippen molar-refractivity contribution in [3.63, 3.8) is 0 Å². The first-order chi connectivity index (χ1) is 8.34. The zero-order valence-electron chi connectivity index (χ0n) is 10.2. The van der Waals surface area contributed by atoms with Gasteiger partial charge in [0.1, 0.15) is 0 Å². The second-order valence-corrected chi connectivity index (χ2v) is 4.22. The van der Waals surface area contributed by atoms with Gasteiger partial charge >= 0.3 is 0 Å². The summed E-state index contributed by atoms with van der Waals surface area (Å²) in [6.45, 7) is 2.09. The van der Waals surface area contributed by atoms with Crippen LogP contribution in [0.2, 0.25) is 0 Å². The minimum atomic E-state index is -1.64. The number of carbonyl (C=O) groups is 1. The molecule has 3 nitrogen and oxygen atoms in total. The largest absolute Gasteiger partial charge is 0.342 e. The summed E-state index contributed by atoms with van der Waals surface area (Å²) in [4.78, 5) is 13.0. The molecule has 0 saturated carbocycles. The third-order valence-corrected chi connectivity index (χ3v) is 2.53. The van der Waals surface area contributed by atoms with E-state index in [9.17, 15) is 18.0 Å². The smallest absolute Gasteiger partial charge is 0.256 e. The maximum Gasteiger partial charge on any atom is 0.256 e. The van der Waals surface area contributed by atoms with Crippen LogP contribution in [0.25, 0.3) is 0 Å². The second-order valence-electron chi connectivity index (χ2n) is 4.22. The lowest BCUT2D eigenvalue weighted by molar-refractivity contribution is 0.0786. The van der Waals surface area contributed by atoms with E-state index in [0.29, 0.717) is 13.0 Å². The SMILES string of the molecule is CC(N)CCN(C)C(=O)c1ccc(F)c(F)c1F. The number of rotatable bonds is 4. The first-order valence-corrected chi connectivity index (χ1v) is 5.49. The van der Waals surface area contributed by atoms with Gasteiger partial charge in [0.25, 0.3) is 5.91 Å². The van der Waals surface area contributed by atoms with Gasteiger partial charge in [0.05, 0.1) is 5.56 Å². The average Bonchev–Trinajstić information content (AvgIpc) is 2.32. The molecule has 0 radical (unpaired) electrons. The van der Waals surface area contributed by atoms with E-state index >= 15 is 0 Å². The normalized spacial score (nSPS) is 12.3. The molecule has 0 aliphatic carbocycles. The molecular weight excluding hydrogens is 245 g/mol. The van der Waals surface area contributed by atoms with Crippen LogP contribution >= 0.6 is 0 Å². The highest BCUT2D eigenvalue weighted by molar-refractivity contribution is 5.94. The fourth-order valence-corrected chi connectivity index (χ4v) is 1.40. The van der Waals surface area contributed by atoms with E-state index in [0.717, 1.165) is 12.1 Å². The van der Waals surface area contributed by atoms with Crippen molar-refractivity contribution in [2.45, 2.75) is 19.4 Å². The van der Waals surface area contributed by atoms with Gasteiger partial charge in [-0.1, -0.05) is 0 Å². The Morgan fingerprint density at radius 3 is 2.50 bits per heavy atom. The number of hydrogen-bond donors (Lipinski definition) is 1. The predicted octanol–water partition coefficient (Wildman–Crippen LogP) is 1.91. The van der Waals surface area contributed by atoms with Crippen LogP contribution in [-0.4, -0.2) is 30.4 Å². The number of nitrogens with zero attached hydrogens (tertiary/aromatic N) is 1. The van der Waals surface area contributed by atoms with E-state index in [4.69, 9.17) is 5.73 Å². The third kappa shape index (κ3) is 3.22. The maximum absolute atomic E-state index is 13.4. The zero-order valence-corrected chi connectivity index (χ0v) is 10.2. The minimum Gasteiger partial charge on any atom is -0.342 e. The fraction of sp³-hybridized carbons (Fsp3) is 0.417. The molecule has 100 valence electrons. The number of amides is 1. The van der Waals surface area contributed by atoms with E-state index < -0.39 is 28.9 Å². The molecule has 1 aromatic rings. The Bertz CT molecular complexity index is 449. The van der Waals surface area contributed by atoms with E-state index in [1.807, 2.05) is 0 Å². The topological polar surface area (TPSA) is 46.3 Å². The van der Waals surface area contributed by atoms with Crippen LogP contribution in [0, 0.1) is 17.5 Å². The molecule has 0 aromatic heterocycles. The van der Waals surface area contributed by atoms with Crippen molar-refractivity contribution in [1.29, 1.82) is 0 Å². The molecule has 0 spiro atoms. The first-order valence-electron chi connectivity index (χ1n) is 5.49. The lowest BCUT2D eigenvalue weighted by Crippen LogP contribution is -2.32. The minimum absolute atomic E-state index is 0.102. The Labute approximate surface area is 103 Å². The molecule has 1 atom stereocenters. The van der Waals surface area contributed by atoms with Gasteiger partial charge in [0, 0.05) is 19.6 Å². The van der Waals surface area contributed by atoms with Crippen LogP contribution < -0.4 is 5.73 Å². The number of hydrogen-bond acceptors (Lipinski definition) is 2. The van der Waals surface area contributed by atoms with Crippen LogP contribution in [0.1, 0.15) is 23.7 Å². The highest BCUT2D eigenvalue weighted by atomic mass is 19.2. The second kappa shape index (κ2) is 5.86. The molecule has 6 heteroatoms. The molecule has 1 amide bonds. The average molecular weight is 260 g/mol. The molecule has 2 N–H and O–H groups in total. The Morgan fingerprint density at radius 1 is 1.33 bits per heavy atom. The predicted molar refractivity (Wildman–Crippen MR) is 61.5 cm³/mol. The zero-order chi connectivity index (χ0) is 13.9. The van der Waals surface area contributed by atoms with Crippen LogP contribution in [0.5, 0.6) is 0 Å². The first kappa shape index (κ1) is 14.5. The van der Waals surface area contributed by atoms with Crippen molar-refractivity contribution in [2.24, 2.45) is 5.73 Å². The van der Waals surface area contributed by atoms with Gasteiger partial charge in [0.2, 0.25) is 0 Å². The van der Waals surface area contributed by atoms with E-state index in [1.54, 1.807) is 6.92 Å². The lowest BCUT2D eigenvalue weighted by Gasteiger charge is -2.18. The van der Waals surface area contributed by atoms with Crippen molar-refractivity contribution < 1.29 is 18.0 Å². The van der Waals surface area contributed by atoms with Gasteiger partial charge in [0.15, 0.2) is 17.5 Å². The molecule has 0 bridgehead atoms. The Hall–Kier alpha value is -1.56. The summed E-state index contributed by atoms with van der Waals surface area (Å²) in [5.74, 6) is -5.12. The number of carbonyl (C=O) groups excluding carboxylic acids is 1. The molecule has 0 fully saturated rings. The number of nitrogens with two attached hydrogens (primary N) is 1. The molecule has 0 heterocycles. The van der Waals surface area contributed by atoms with Crippen LogP contribution in [-0.2, 0) is 0 Å². The summed E-state index contributed by atoms with van der Waals surface area (Å²) in [5, 5.41) is 0. The van der Waals surface area contributed by atoms with Crippen LogP contribution in [0.3, 0.4) is 0 Å². The summed E-state index contributed by atoms with van der Waals surface area (Å²) in [6.07, 6.45) is 0.535. The van der Waals surface area contributed by atoms with Gasteiger partial charge in [-0.15, -0.1) is 0 Å². The standard InChI is InChI=1S/C12H15F3N2O/c1-7(16)5-6-17(2)12(18)8-3-4-9(13)11(15)10(8)14/h3-4,7H,5-6,16H2,1-2H3. The highest BCUT2D eigenvalue weighted by Gasteiger charge is 2.21. The van der Waals surface area contributed by atoms with Gasteiger partial charge in [-0.2, -0.15) is 0 Å². The number of benzene rings is 1. The summed E-state index contributed by atoms with van der Waals surface area (Å²) >= 11 is 0. The fourth-order valence-electron chi connectivity index (χ4n) is 1.40. The van der Waals surface area contributed by atoms with E-state index in [1.165, 1.54) is 11.9 Å². The maximum atomic E-state index is 13.4. The Balaban J connectivity index is 2.87. The molecule has 1 rings (SSSR count). The van der Waals surface area contributed by atoms with Gasteiger partial charge < -0.3 is 10.6 Å². The van der Waals surface area contributed by atoms with Gasteiger partial charge in [-0.3, -0.25) is 4.79 Å². The Morgan fingerprint density at radius 2 is 1.94 bits per heavy atom. The summed E-state index contributed by atoms with van der Waals surface area (Å²) in [6, 6.07) is 1.55. The Kier molecular flexibility index (Phi) is 4.72. The third-order valence-electron chi connectivity index (χ3n) is 2.53. The van der Waals surface area contributed by atoms with E-state index in [2.05, 4.69) is 0 Å².